The Morgan fingerprint density at radius 3 is 2.44 bits per heavy atom. The zero-order valence-corrected chi connectivity index (χ0v) is 16.5. The molecule has 27 heavy (non-hydrogen) atoms. The SMILES string of the molecule is CNc1c(N)cccc1OCCN(Cc1ccccc1)C(=O)OC(C)(C)C. The fourth-order valence-electron chi connectivity index (χ4n) is 2.57. The van der Waals surface area contributed by atoms with Gasteiger partial charge in [0, 0.05) is 13.6 Å². The lowest BCUT2D eigenvalue weighted by atomic mass is 10.2. The molecule has 146 valence electrons. The van der Waals surface area contributed by atoms with Crippen LogP contribution in [-0.2, 0) is 11.3 Å². The number of carbonyl (C=O) groups excluding carboxylic acids is 1. The summed E-state index contributed by atoms with van der Waals surface area (Å²) in [6.07, 6.45) is -0.364. The number of amides is 1. The number of carbonyl (C=O) groups is 1. The summed E-state index contributed by atoms with van der Waals surface area (Å²) in [5.74, 6) is 0.654. The van der Waals surface area contributed by atoms with Gasteiger partial charge in [0.05, 0.1) is 17.9 Å². The van der Waals surface area contributed by atoms with Crippen molar-refractivity contribution in [1.29, 1.82) is 0 Å². The van der Waals surface area contributed by atoms with Crippen LogP contribution in [0.15, 0.2) is 48.5 Å². The lowest BCUT2D eigenvalue weighted by molar-refractivity contribution is 0.0209. The Morgan fingerprint density at radius 2 is 1.81 bits per heavy atom. The van der Waals surface area contributed by atoms with Gasteiger partial charge in [-0.15, -0.1) is 0 Å². The van der Waals surface area contributed by atoms with Gasteiger partial charge >= 0.3 is 6.09 Å². The average Bonchev–Trinajstić information content (AvgIpc) is 2.60. The van der Waals surface area contributed by atoms with Crippen LogP contribution in [0.2, 0.25) is 0 Å². The molecule has 0 saturated heterocycles. The van der Waals surface area contributed by atoms with E-state index in [0.717, 1.165) is 11.3 Å². The van der Waals surface area contributed by atoms with Crippen molar-refractivity contribution >= 4 is 17.5 Å². The Labute approximate surface area is 161 Å². The largest absolute Gasteiger partial charge is 0.489 e. The van der Waals surface area contributed by atoms with E-state index in [1.54, 1.807) is 18.0 Å². The first-order valence-corrected chi connectivity index (χ1v) is 9.01. The van der Waals surface area contributed by atoms with Crippen LogP contribution in [0.1, 0.15) is 26.3 Å². The van der Waals surface area contributed by atoms with Crippen molar-refractivity contribution in [2.24, 2.45) is 0 Å². The third-order valence-electron chi connectivity index (χ3n) is 3.80. The molecule has 2 aromatic rings. The Balaban J connectivity index is 2.05. The quantitative estimate of drug-likeness (QED) is 0.716. The number of hydrogen-bond donors (Lipinski definition) is 2. The van der Waals surface area contributed by atoms with Gasteiger partial charge < -0.3 is 25.4 Å². The van der Waals surface area contributed by atoms with Crippen LogP contribution in [0.3, 0.4) is 0 Å². The first-order valence-electron chi connectivity index (χ1n) is 9.01. The summed E-state index contributed by atoms with van der Waals surface area (Å²) < 4.78 is 11.4. The monoisotopic (exact) mass is 371 g/mol. The number of hydrogen-bond acceptors (Lipinski definition) is 5. The highest BCUT2D eigenvalue weighted by Gasteiger charge is 2.22. The Morgan fingerprint density at radius 1 is 1.11 bits per heavy atom. The Bertz CT molecular complexity index is 742. The fraction of sp³-hybridized carbons (Fsp3) is 0.381. The minimum atomic E-state index is -0.555. The van der Waals surface area contributed by atoms with Crippen LogP contribution in [0.5, 0.6) is 5.75 Å². The molecule has 2 aromatic carbocycles. The molecule has 0 spiro atoms. The van der Waals surface area contributed by atoms with Gasteiger partial charge in [-0.1, -0.05) is 36.4 Å². The van der Waals surface area contributed by atoms with Crippen LogP contribution in [0, 0.1) is 0 Å². The third-order valence-corrected chi connectivity index (χ3v) is 3.80. The van der Waals surface area contributed by atoms with Crippen LogP contribution in [0.4, 0.5) is 16.2 Å². The van der Waals surface area contributed by atoms with Gasteiger partial charge in [-0.2, -0.15) is 0 Å². The average molecular weight is 371 g/mol. The van der Waals surface area contributed by atoms with Crippen molar-refractivity contribution in [3.63, 3.8) is 0 Å². The second-order valence-electron chi connectivity index (χ2n) is 7.21. The maximum atomic E-state index is 12.6. The number of anilines is 2. The molecular formula is C21H29N3O3. The topological polar surface area (TPSA) is 76.8 Å². The minimum absolute atomic E-state index is 0.324. The van der Waals surface area contributed by atoms with Crippen molar-refractivity contribution in [2.45, 2.75) is 32.9 Å². The zero-order chi connectivity index (χ0) is 19.9. The number of benzene rings is 2. The summed E-state index contributed by atoms with van der Waals surface area (Å²) in [4.78, 5) is 14.2. The summed E-state index contributed by atoms with van der Waals surface area (Å²) >= 11 is 0. The summed E-state index contributed by atoms with van der Waals surface area (Å²) in [5, 5.41) is 3.04. The second-order valence-corrected chi connectivity index (χ2v) is 7.21. The lowest BCUT2D eigenvalue weighted by Crippen LogP contribution is -2.38. The molecule has 0 aliphatic rings. The molecule has 0 radical (unpaired) electrons. The third kappa shape index (κ3) is 6.40. The first kappa shape index (κ1) is 20.4. The predicted octanol–water partition coefficient (Wildman–Crippen LogP) is 4.13. The molecule has 1 amide bonds. The van der Waals surface area contributed by atoms with Gasteiger partial charge in [-0.3, -0.25) is 0 Å². The maximum Gasteiger partial charge on any atom is 0.410 e. The fourth-order valence-corrected chi connectivity index (χ4v) is 2.57. The molecular weight excluding hydrogens is 342 g/mol. The highest BCUT2D eigenvalue weighted by Crippen LogP contribution is 2.29. The van der Waals surface area contributed by atoms with E-state index >= 15 is 0 Å². The summed E-state index contributed by atoms with van der Waals surface area (Å²) in [7, 11) is 1.79. The van der Waals surface area contributed by atoms with E-state index in [-0.39, 0.29) is 6.09 Å². The van der Waals surface area contributed by atoms with E-state index in [1.807, 2.05) is 63.2 Å². The van der Waals surface area contributed by atoms with Gasteiger partial charge in [-0.05, 0) is 38.5 Å². The molecule has 0 unspecified atom stereocenters. The Hall–Kier alpha value is -2.89. The van der Waals surface area contributed by atoms with Crippen molar-refractivity contribution in [3.8, 4) is 5.75 Å². The van der Waals surface area contributed by atoms with E-state index < -0.39 is 5.60 Å². The van der Waals surface area contributed by atoms with Gasteiger partial charge in [0.15, 0.2) is 0 Å². The van der Waals surface area contributed by atoms with Crippen molar-refractivity contribution in [2.75, 3.05) is 31.2 Å². The normalized spacial score (nSPS) is 11.0. The zero-order valence-electron chi connectivity index (χ0n) is 16.5. The van der Waals surface area contributed by atoms with E-state index in [9.17, 15) is 4.79 Å². The number of ether oxygens (including phenoxy) is 2. The van der Waals surface area contributed by atoms with E-state index in [0.29, 0.717) is 31.1 Å². The Kier molecular flexibility index (Phi) is 6.93. The molecule has 0 atom stereocenters. The minimum Gasteiger partial charge on any atom is -0.489 e. The van der Waals surface area contributed by atoms with E-state index in [1.165, 1.54) is 0 Å². The molecule has 6 nitrogen and oxygen atoms in total. The molecule has 0 heterocycles. The maximum absolute atomic E-state index is 12.6. The second kappa shape index (κ2) is 9.16. The first-order chi connectivity index (χ1) is 12.8. The van der Waals surface area contributed by atoms with Crippen LogP contribution in [-0.4, -0.2) is 36.8 Å². The smallest absolute Gasteiger partial charge is 0.410 e. The van der Waals surface area contributed by atoms with E-state index in [2.05, 4.69) is 5.32 Å². The van der Waals surface area contributed by atoms with Crippen molar-refractivity contribution < 1.29 is 14.3 Å². The molecule has 0 saturated carbocycles. The lowest BCUT2D eigenvalue weighted by Gasteiger charge is -2.27. The van der Waals surface area contributed by atoms with Crippen LogP contribution < -0.4 is 15.8 Å². The number of nitrogens with two attached hydrogens (primary N) is 1. The molecule has 0 aromatic heterocycles. The molecule has 0 aliphatic carbocycles. The van der Waals surface area contributed by atoms with Crippen molar-refractivity contribution in [1.82, 2.24) is 4.90 Å². The van der Waals surface area contributed by atoms with Crippen LogP contribution in [0.25, 0.3) is 0 Å². The molecule has 3 N–H and O–H groups in total. The number of para-hydroxylation sites is 1. The number of rotatable bonds is 7. The van der Waals surface area contributed by atoms with Gasteiger partial charge in [0.25, 0.3) is 0 Å². The molecule has 0 aliphatic heterocycles. The van der Waals surface area contributed by atoms with Crippen molar-refractivity contribution in [3.05, 3.63) is 54.1 Å². The summed E-state index contributed by atoms with van der Waals surface area (Å²) in [6, 6.07) is 15.3. The number of nitrogens with one attached hydrogen (secondary N) is 1. The van der Waals surface area contributed by atoms with Crippen LogP contribution >= 0.6 is 0 Å². The molecule has 0 bridgehead atoms. The highest BCUT2D eigenvalue weighted by molar-refractivity contribution is 5.73. The molecule has 0 fully saturated rings. The van der Waals surface area contributed by atoms with Gasteiger partial charge in [0.2, 0.25) is 0 Å². The van der Waals surface area contributed by atoms with Gasteiger partial charge in [0.1, 0.15) is 18.0 Å². The summed E-state index contributed by atoms with van der Waals surface area (Å²) in [6.45, 7) is 6.73. The standard InChI is InChI=1S/C21H29N3O3/c1-21(2,3)27-20(25)24(15-16-9-6-5-7-10-16)13-14-26-18-12-8-11-17(22)19(18)23-4/h5-12,23H,13-15,22H2,1-4H3. The van der Waals surface area contributed by atoms with E-state index in [4.69, 9.17) is 15.2 Å². The number of nitrogen functional groups attached to an aromatic ring is 1. The molecule has 6 heteroatoms. The predicted molar refractivity (Wildman–Crippen MR) is 109 cm³/mol. The summed E-state index contributed by atoms with van der Waals surface area (Å²) in [5.41, 5.74) is 7.79. The number of nitrogens with zero attached hydrogens (tertiary/aromatic N) is 1. The highest BCUT2D eigenvalue weighted by atomic mass is 16.6. The van der Waals surface area contributed by atoms with Gasteiger partial charge in [-0.25, -0.2) is 4.79 Å². The molecule has 2 rings (SSSR count).